The fourth-order valence-electron chi connectivity index (χ4n) is 1.96. The van der Waals surface area contributed by atoms with Crippen molar-refractivity contribution in [2.75, 3.05) is 0 Å². The first kappa shape index (κ1) is 15.2. The smallest absolute Gasteiger partial charge is 0.323 e. The third-order valence-corrected chi connectivity index (χ3v) is 4.82. The van der Waals surface area contributed by atoms with Crippen LogP contribution in [0, 0.1) is 0 Å². The van der Waals surface area contributed by atoms with Gasteiger partial charge in [0.05, 0.1) is 5.69 Å². The molecule has 2 rings (SSSR count). The van der Waals surface area contributed by atoms with E-state index in [0.29, 0.717) is 13.0 Å². The van der Waals surface area contributed by atoms with Gasteiger partial charge in [-0.3, -0.25) is 10.1 Å². The summed E-state index contributed by atoms with van der Waals surface area (Å²) in [5.41, 5.74) is 1.13. The quantitative estimate of drug-likeness (QED) is 0.820. The fourth-order valence-corrected chi connectivity index (χ4v) is 3.50. The number of thiazole rings is 1. The predicted octanol–water partition coefficient (Wildman–Crippen LogP) is 3.60. The van der Waals surface area contributed by atoms with E-state index < -0.39 is 11.5 Å². The molecule has 2 aromatic heterocycles. The second kappa shape index (κ2) is 6.47. The Labute approximate surface area is 126 Å². The third kappa shape index (κ3) is 3.45. The zero-order valence-electron chi connectivity index (χ0n) is 11.5. The number of rotatable bonds is 7. The molecule has 2 aromatic rings. The van der Waals surface area contributed by atoms with Crippen LogP contribution in [0.25, 0.3) is 10.6 Å². The summed E-state index contributed by atoms with van der Waals surface area (Å²) < 4.78 is 0. The molecule has 0 saturated carbocycles. The molecule has 0 bridgehead atoms. The topological polar surface area (TPSA) is 62.2 Å². The molecule has 6 heteroatoms. The number of hydrogen-bond acceptors (Lipinski definition) is 5. The number of aromatic nitrogens is 1. The summed E-state index contributed by atoms with van der Waals surface area (Å²) in [6.45, 7) is 4.19. The molecule has 20 heavy (non-hydrogen) atoms. The minimum Gasteiger partial charge on any atom is -0.480 e. The van der Waals surface area contributed by atoms with Gasteiger partial charge in [-0.2, -0.15) is 11.3 Å². The number of carboxylic acid groups (broad SMARTS) is 1. The lowest BCUT2D eigenvalue weighted by atomic mass is 9.96. The molecular formula is C14H18N2O2S2. The summed E-state index contributed by atoms with van der Waals surface area (Å²) in [7, 11) is 0. The van der Waals surface area contributed by atoms with Crippen LogP contribution in [-0.2, 0) is 11.3 Å². The Bertz CT molecular complexity index is 566. The number of nitrogens with one attached hydrogen (secondary N) is 1. The van der Waals surface area contributed by atoms with Crippen molar-refractivity contribution in [3.8, 4) is 10.6 Å². The van der Waals surface area contributed by atoms with Gasteiger partial charge in [0.1, 0.15) is 10.5 Å². The van der Waals surface area contributed by atoms with E-state index in [2.05, 4.69) is 15.7 Å². The SMILES string of the molecule is CCCC(C)(NCc1csc(-c2ccsc2)n1)C(=O)O. The van der Waals surface area contributed by atoms with Crippen LogP contribution in [0.5, 0.6) is 0 Å². The van der Waals surface area contributed by atoms with Crippen LogP contribution in [0.4, 0.5) is 0 Å². The number of nitrogens with zero attached hydrogens (tertiary/aromatic N) is 1. The van der Waals surface area contributed by atoms with Gasteiger partial charge in [0.15, 0.2) is 0 Å². The lowest BCUT2D eigenvalue weighted by Gasteiger charge is -2.25. The second-order valence-electron chi connectivity index (χ2n) is 4.90. The second-order valence-corrected chi connectivity index (χ2v) is 6.53. The van der Waals surface area contributed by atoms with Crippen LogP contribution in [0.2, 0.25) is 0 Å². The molecule has 0 amide bonds. The van der Waals surface area contributed by atoms with Gasteiger partial charge in [0.25, 0.3) is 0 Å². The molecule has 0 spiro atoms. The van der Waals surface area contributed by atoms with E-state index in [9.17, 15) is 9.90 Å². The highest BCUT2D eigenvalue weighted by Crippen LogP contribution is 2.26. The largest absolute Gasteiger partial charge is 0.480 e. The molecule has 1 unspecified atom stereocenters. The van der Waals surface area contributed by atoms with Crippen molar-refractivity contribution >= 4 is 28.6 Å². The lowest BCUT2D eigenvalue weighted by molar-refractivity contribution is -0.144. The van der Waals surface area contributed by atoms with Gasteiger partial charge in [-0.1, -0.05) is 13.3 Å². The summed E-state index contributed by atoms with van der Waals surface area (Å²) in [4.78, 5) is 15.9. The Morgan fingerprint density at radius 3 is 2.90 bits per heavy atom. The van der Waals surface area contributed by atoms with Gasteiger partial charge in [0.2, 0.25) is 0 Å². The first-order valence-corrected chi connectivity index (χ1v) is 8.33. The average Bonchev–Trinajstić information content (AvgIpc) is 3.07. The number of carbonyl (C=O) groups is 1. The Morgan fingerprint density at radius 2 is 2.30 bits per heavy atom. The van der Waals surface area contributed by atoms with E-state index in [1.54, 1.807) is 29.6 Å². The molecule has 0 aliphatic carbocycles. The zero-order valence-corrected chi connectivity index (χ0v) is 13.2. The van der Waals surface area contributed by atoms with Crippen molar-refractivity contribution in [3.63, 3.8) is 0 Å². The average molecular weight is 310 g/mol. The van der Waals surface area contributed by atoms with Crippen molar-refractivity contribution < 1.29 is 9.90 Å². The molecule has 0 aliphatic heterocycles. The van der Waals surface area contributed by atoms with Crippen molar-refractivity contribution in [1.29, 1.82) is 0 Å². The molecular weight excluding hydrogens is 292 g/mol. The first-order valence-electron chi connectivity index (χ1n) is 6.50. The fraction of sp³-hybridized carbons (Fsp3) is 0.429. The molecule has 0 saturated heterocycles. The van der Waals surface area contributed by atoms with Gasteiger partial charge < -0.3 is 5.11 Å². The van der Waals surface area contributed by atoms with E-state index in [-0.39, 0.29) is 0 Å². The van der Waals surface area contributed by atoms with Gasteiger partial charge >= 0.3 is 5.97 Å². The van der Waals surface area contributed by atoms with Crippen LogP contribution in [0.3, 0.4) is 0 Å². The van der Waals surface area contributed by atoms with Crippen LogP contribution < -0.4 is 5.32 Å². The highest BCUT2D eigenvalue weighted by molar-refractivity contribution is 7.14. The summed E-state index contributed by atoms with van der Waals surface area (Å²) >= 11 is 3.23. The summed E-state index contributed by atoms with van der Waals surface area (Å²) in [5.74, 6) is -0.812. The van der Waals surface area contributed by atoms with E-state index in [0.717, 1.165) is 22.7 Å². The Hall–Kier alpha value is -1.24. The summed E-state index contributed by atoms with van der Waals surface area (Å²) in [5, 5.41) is 19.5. The monoisotopic (exact) mass is 310 g/mol. The van der Waals surface area contributed by atoms with Crippen molar-refractivity contribution in [2.24, 2.45) is 0 Å². The Kier molecular flexibility index (Phi) is 4.91. The Balaban J connectivity index is 2.02. The number of thiophene rings is 1. The molecule has 2 heterocycles. The van der Waals surface area contributed by atoms with Gasteiger partial charge in [0, 0.05) is 22.9 Å². The van der Waals surface area contributed by atoms with E-state index >= 15 is 0 Å². The maximum Gasteiger partial charge on any atom is 0.323 e. The van der Waals surface area contributed by atoms with Crippen LogP contribution >= 0.6 is 22.7 Å². The van der Waals surface area contributed by atoms with Gasteiger partial charge in [-0.15, -0.1) is 11.3 Å². The van der Waals surface area contributed by atoms with Gasteiger partial charge in [-0.05, 0) is 24.8 Å². The molecule has 1 atom stereocenters. The molecule has 0 radical (unpaired) electrons. The van der Waals surface area contributed by atoms with Gasteiger partial charge in [-0.25, -0.2) is 4.98 Å². The minimum absolute atomic E-state index is 0.476. The number of hydrogen-bond donors (Lipinski definition) is 2. The molecule has 0 aromatic carbocycles. The first-order chi connectivity index (χ1) is 9.55. The summed E-state index contributed by atoms with van der Waals surface area (Å²) in [6.07, 6.45) is 1.43. The summed E-state index contributed by atoms with van der Waals surface area (Å²) in [6, 6.07) is 2.04. The zero-order chi connectivity index (χ0) is 14.6. The molecule has 0 aliphatic rings. The molecule has 108 valence electrons. The van der Waals surface area contributed by atoms with E-state index in [1.165, 1.54) is 0 Å². The Morgan fingerprint density at radius 1 is 1.50 bits per heavy atom. The number of carboxylic acids is 1. The van der Waals surface area contributed by atoms with Crippen LogP contribution in [-0.4, -0.2) is 21.6 Å². The minimum atomic E-state index is -0.888. The van der Waals surface area contributed by atoms with Crippen molar-refractivity contribution in [1.82, 2.24) is 10.3 Å². The number of aliphatic carboxylic acids is 1. The lowest BCUT2D eigenvalue weighted by Crippen LogP contribution is -2.48. The predicted molar refractivity (Wildman–Crippen MR) is 83.2 cm³/mol. The van der Waals surface area contributed by atoms with Crippen LogP contribution in [0.15, 0.2) is 22.2 Å². The van der Waals surface area contributed by atoms with E-state index in [4.69, 9.17) is 0 Å². The standard InChI is InChI=1S/C14H18N2O2S2/c1-3-5-14(2,13(17)18)15-7-11-9-20-12(16-11)10-4-6-19-8-10/h4,6,8-9,15H,3,5,7H2,1-2H3,(H,17,18). The third-order valence-electron chi connectivity index (χ3n) is 3.20. The molecule has 0 fully saturated rings. The molecule has 4 nitrogen and oxygen atoms in total. The maximum atomic E-state index is 11.3. The normalized spacial score (nSPS) is 14.1. The van der Waals surface area contributed by atoms with Crippen molar-refractivity contribution in [2.45, 2.75) is 38.8 Å². The van der Waals surface area contributed by atoms with Crippen LogP contribution in [0.1, 0.15) is 32.4 Å². The highest BCUT2D eigenvalue weighted by atomic mass is 32.1. The van der Waals surface area contributed by atoms with Crippen molar-refractivity contribution in [3.05, 3.63) is 27.9 Å². The highest BCUT2D eigenvalue weighted by Gasteiger charge is 2.31. The van der Waals surface area contributed by atoms with E-state index in [1.807, 2.05) is 23.8 Å². The molecule has 2 N–H and O–H groups in total. The maximum absolute atomic E-state index is 11.3.